The SMILES string of the molecule is C[C@H](OC(=O)c1cn2ccccc2n1)C(=O)NC(=O)NC1CCCCC1. The van der Waals surface area contributed by atoms with Crippen molar-refractivity contribution in [2.75, 3.05) is 0 Å². The van der Waals surface area contributed by atoms with Gasteiger partial charge in [0.25, 0.3) is 5.91 Å². The summed E-state index contributed by atoms with van der Waals surface area (Å²) in [5.41, 5.74) is 0.700. The van der Waals surface area contributed by atoms with Crippen molar-refractivity contribution in [1.29, 1.82) is 0 Å². The predicted octanol–water partition coefficient (Wildman–Crippen LogP) is 2.04. The average Bonchev–Trinajstić information content (AvgIpc) is 3.06. The molecule has 8 nitrogen and oxygen atoms in total. The summed E-state index contributed by atoms with van der Waals surface area (Å²) >= 11 is 0. The van der Waals surface area contributed by atoms with Crippen molar-refractivity contribution in [3.63, 3.8) is 0 Å². The summed E-state index contributed by atoms with van der Waals surface area (Å²) in [6.07, 6.45) is 7.33. The number of nitrogens with zero attached hydrogens (tertiary/aromatic N) is 2. The highest BCUT2D eigenvalue weighted by atomic mass is 16.5. The summed E-state index contributed by atoms with van der Waals surface area (Å²) in [5, 5.41) is 5.00. The number of nitrogens with one attached hydrogen (secondary N) is 2. The van der Waals surface area contributed by atoms with Crippen LogP contribution < -0.4 is 10.6 Å². The number of carbonyl (C=O) groups is 3. The van der Waals surface area contributed by atoms with Crippen LogP contribution in [0.2, 0.25) is 0 Å². The minimum atomic E-state index is -1.11. The standard InChI is InChI=1S/C18H22N4O4/c1-12(16(23)21-18(25)19-13-7-3-2-4-8-13)26-17(24)14-11-22-10-6-5-9-15(22)20-14/h5-6,9-13H,2-4,7-8H2,1H3,(H2,19,21,23,25)/t12-/m0/s1. The highest BCUT2D eigenvalue weighted by molar-refractivity contribution is 5.98. The van der Waals surface area contributed by atoms with Gasteiger partial charge in [-0.05, 0) is 31.9 Å². The minimum absolute atomic E-state index is 0.0902. The molecule has 2 aromatic rings. The third-order valence-electron chi connectivity index (χ3n) is 4.40. The molecule has 0 bridgehead atoms. The van der Waals surface area contributed by atoms with E-state index in [1.54, 1.807) is 22.7 Å². The number of rotatable bonds is 4. The Kier molecular flexibility index (Phi) is 5.50. The van der Waals surface area contributed by atoms with Gasteiger partial charge in [-0.2, -0.15) is 0 Å². The fraction of sp³-hybridized carbons (Fsp3) is 0.444. The number of carbonyl (C=O) groups excluding carboxylic acids is 3. The molecule has 0 unspecified atom stereocenters. The molecular weight excluding hydrogens is 336 g/mol. The lowest BCUT2D eigenvalue weighted by molar-refractivity contribution is -0.127. The van der Waals surface area contributed by atoms with Gasteiger partial charge in [0.05, 0.1) is 0 Å². The Balaban J connectivity index is 1.51. The van der Waals surface area contributed by atoms with E-state index in [0.29, 0.717) is 5.65 Å². The first-order valence-corrected chi connectivity index (χ1v) is 8.79. The summed E-state index contributed by atoms with van der Waals surface area (Å²) in [7, 11) is 0. The molecule has 1 saturated carbocycles. The lowest BCUT2D eigenvalue weighted by Gasteiger charge is -2.23. The second kappa shape index (κ2) is 7.99. The Bertz CT molecular complexity index is 777. The summed E-state index contributed by atoms with van der Waals surface area (Å²) < 4.78 is 6.79. The number of imide groups is 1. The number of hydrogen-bond donors (Lipinski definition) is 2. The summed E-state index contributed by atoms with van der Waals surface area (Å²) in [5.74, 6) is -1.39. The van der Waals surface area contributed by atoms with Gasteiger partial charge in [-0.15, -0.1) is 0 Å². The third kappa shape index (κ3) is 4.38. The molecule has 1 fully saturated rings. The van der Waals surface area contributed by atoms with Crippen LogP contribution in [0.15, 0.2) is 30.6 Å². The molecular formula is C18H22N4O4. The summed E-state index contributed by atoms with van der Waals surface area (Å²) in [4.78, 5) is 40.3. The van der Waals surface area contributed by atoms with Gasteiger partial charge < -0.3 is 14.5 Å². The Morgan fingerprint density at radius 3 is 2.73 bits per heavy atom. The third-order valence-corrected chi connectivity index (χ3v) is 4.40. The second-order valence-corrected chi connectivity index (χ2v) is 6.44. The van der Waals surface area contributed by atoms with Crippen molar-refractivity contribution < 1.29 is 19.1 Å². The molecule has 138 valence electrons. The van der Waals surface area contributed by atoms with Crippen LogP contribution in [0.4, 0.5) is 4.79 Å². The number of pyridine rings is 1. The molecule has 2 heterocycles. The summed E-state index contributed by atoms with van der Waals surface area (Å²) in [6, 6.07) is 4.90. The zero-order chi connectivity index (χ0) is 18.5. The first-order chi connectivity index (χ1) is 12.5. The van der Waals surface area contributed by atoms with Gasteiger partial charge in [-0.1, -0.05) is 25.3 Å². The zero-order valence-electron chi connectivity index (χ0n) is 14.6. The Morgan fingerprint density at radius 2 is 2.00 bits per heavy atom. The van der Waals surface area contributed by atoms with Crippen LogP contribution in [0.5, 0.6) is 0 Å². The maximum atomic E-state index is 12.2. The Hall–Kier alpha value is -2.90. The monoisotopic (exact) mass is 358 g/mol. The highest BCUT2D eigenvalue weighted by Gasteiger charge is 2.23. The number of hydrogen-bond acceptors (Lipinski definition) is 5. The molecule has 3 amide bonds. The van der Waals surface area contributed by atoms with Crippen molar-refractivity contribution in [2.45, 2.75) is 51.2 Å². The molecule has 0 aromatic carbocycles. The van der Waals surface area contributed by atoms with Gasteiger partial charge in [0.2, 0.25) is 0 Å². The minimum Gasteiger partial charge on any atom is -0.448 e. The molecule has 0 spiro atoms. The van der Waals surface area contributed by atoms with Crippen molar-refractivity contribution in [2.24, 2.45) is 0 Å². The molecule has 26 heavy (non-hydrogen) atoms. The molecule has 8 heteroatoms. The van der Waals surface area contributed by atoms with E-state index >= 15 is 0 Å². The molecule has 1 aliphatic rings. The number of ether oxygens (including phenoxy) is 1. The van der Waals surface area contributed by atoms with Crippen LogP contribution >= 0.6 is 0 Å². The first-order valence-electron chi connectivity index (χ1n) is 8.79. The van der Waals surface area contributed by atoms with Gasteiger partial charge in [-0.3, -0.25) is 10.1 Å². The normalized spacial score (nSPS) is 16.0. The molecule has 2 N–H and O–H groups in total. The fourth-order valence-corrected chi connectivity index (χ4v) is 2.99. The molecule has 0 radical (unpaired) electrons. The number of urea groups is 1. The lowest BCUT2D eigenvalue weighted by Crippen LogP contribution is -2.48. The lowest BCUT2D eigenvalue weighted by atomic mass is 9.96. The number of imidazole rings is 1. The Labute approximate surface area is 150 Å². The zero-order valence-corrected chi connectivity index (χ0v) is 14.6. The smallest absolute Gasteiger partial charge is 0.359 e. The maximum absolute atomic E-state index is 12.2. The van der Waals surface area contributed by atoms with Gasteiger partial charge in [0, 0.05) is 18.4 Å². The van der Waals surface area contributed by atoms with Gasteiger partial charge in [0.1, 0.15) is 5.65 Å². The quantitative estimate of drug-likeness (QED) is 0.815. The van der Waals surface area contributed by atoms with Gasteiger partial charge in [0.15, 0.2) is 11.8 Å². The molecule has 1 atom stereocenters. The van der Waals surface area contributed by atoms with Crippen molar-refractivity contribution in [1.82, 2.24) is 20.0 Å². The Morgan fingerprint density at radius 1 is 1.23 bits per heavy atom. The van der Waals surface area contributed by atoms with Crippen LogP contribution in [-0.2, 0) is 9.53 Å². The van der Waals surface area contributed by atoms with Crippen molar-refractivity contribution >= 4 is 23.6 Å². The number of aromatic nitrogens is 2. The molecule has 0 aliphatic heterocycles. The van der Waals surface area contributed by atoms with E-state index in [2.05, 4.69) is 15.6 Å². The van der Waals surface area contributed by atoms with Crippen LogP contribution in [0.1, 0.15) is 49.5 Å². The molecule has 0 saturated heterocycles. The molecule has 1 aliphatic carbocycles. The highest BCUT2D eigenvalue weighted by Crippen LogP contribution is 2.17. The number of fused-ring (bicyclic) bond motifs is 1. The fourth-order valence-electron chi connectivity index (χ4n) is 2.99. The molecule has 2 aromatic heterocycles. The van der Waals surface area contributed by atoms with E-state index in [4.69, 9.17) is 4.74 Å². The first kappa shape index (κ1) is 17.9. The topological polar surface area (TPSA) is 102 Å². The predicted molar refractivity (Wildman–Crippen MR) is 93.6 cm³/mol. The number of esters is 1. The van der Waals surface area contributed by atoms with Crippen molar-refractivity contribution in [3.8, 4) is 0 Å². The maximum Gasteiger partial charge on any atom is 0.359 e. The van der Waals surface area contributed by atoms with Crippen LogP contribution in [0, 0.1) is 0 Å². The largest absolute Gasteiger partial charge is 0.448 e. The van der Waals surface area contributed by atoms with E-state index < -0.39 is 24.0 Å². The van der Waals surface area contributed by atoms with E-state index in [1.807, 2.05) is 6.07 Å². The van der Waals surface area contributed by atoms with Crippen molar-refractivity contribution in [3.05, 3.63) is 36.3 Å². The number of amides is 3. The van der Waals surface area contributed by atoms with Crippen LogP contribution in [-0.4, -0.2) is 39.4 Å². The summed E-state index contributed by atoms with van der Waals surface area (Å²) in [6.45, 7) is 1.41. The second-order valence-electron chi connectivity index (χ2n) is 6.44. The average molecular weight is 358 g/mol. The van der Waals surface area contributed by atoms with E-state index in [1.165, 1.54) is 19.5 Å². The van der Waals surface area contributed by atoms with Gasteiger partial charge >= 0.3 is 12.0 Å². The van der Waals surface area contributed by atoms with Gasteiger partial charge in [-0.25, -0.2) is 14.6 Å². The van der Waals surface area contributed by atoms with E-state index in [-0.39, 0.29) is 11.7 Å². The van der Waals surface area contributed by atoms with E-state index in [0.717, 1.165) is 25.7 Å². The van der Waals surface area contributed by atoms with Crippen LogP contribution in [0.3, 0.4) is 0 Å². The molecule has 3 rings (SSSR count). The van der Waals surface area contributed by atoms with Crippen LogP contribution in [0.25, 0.3) is 5.65 Å². The van der Waals surface area contributed by atoms with E-state index in [9.17, 15) is 14.4 Å².